The fourth-order valence-electron chi connectivity index (χ4n) is 1.06. The van der Waals surface area contributed by atoms with Crippen LogP contribution in [0.2, 0.25) is 0 Å². The first kappa shape index (κ1) is 11.2. The molecule has 6 heteroatoms. The molecule has 3 nitrogen and oxygen atoms in total. The van der Waals surface area contributed by atoms with Gasteiger partial charge >= 0.3 is 6.18 Å². The summed E-state index contributed by atoms with van der Waals surface area (Å²) >= 11 is 0. The lowest BCUT2D eigenvalue weighted by Gasteiger charge is -2.07. The summed E-state index contributed by atoms with van der Waals surface area (Å²) < 4.78 is 36.7. The smallest absolute Gasteiger partial charge is 0.258 e. The molecule has 0 aliphatic heterocycles. The molecular weight excluding hydrogens is 211 g/mol. The van der Waals surface area contributed by atoms with E-state index in [4.69, 9.17) is 0 Å². The quantitative estimate of drug-likeness (QED) is 0.563. The van der Waals surface area contributed by atoms with E-state index in [1.54, 1.807) is 0 Å². The molecule has 0 saturated carbocycles. The van der Waals surface area contributed by atoms with Crippen molar-refractivity contribution in [3.8, 4) is 0 Å². The van der Waals surface area contributed by atoms with Gasteiger partial charge in [-0.3, -0.25) is 10.1 Å². The Labute approximate surface area is 83.0 Å². The monoisotopic (exact) mass is 217 g/mol. The Morgan fingerprint density at radius 1 is 1.40 bits per heavy atom. The molecule has 0 amide bonds. The van der Waals surface area contributed by atoms with Crippen LogP contribution >= 0.6 is 0 Å². The van der Waals surface area contributed by atoms with Gasteiger partial charge < -0.3 is 0 Å². The minimum absolute atomic E-state index is 0.144. The highest BCUT2D eigenvalue weighted by molar-refractivity contribution is 5.60. The Hall–Kier alpha value is -1.85. The average molecular weight is 217 g/mol. The van der Waals surface area contributed by atoms with Crippen molar-refractivity contribution < 1.29 is 18.1 Å². The molecule has 1 aromatic carbocycles. The van der Waals surface area contributed by atoms with Crippen LogP contribution in [0.5, 0.6) is 0 Å². The van der Waals surface area contributed by atoms with E-state index in [2.05, 4.69) is 6.58 Å². The zero-order valence-corrected chi connectivity index (χ0v) is 7.41. The van der Waals surface area contributed by atoms with Gasteiger partial charge in [-0.25, -0.2) is 0 Å². The molecule has 0 N–H and O–H groups in total. The third-order valence-corrected chi connectivity index (χ3v) is 1.77. The molecule has 15 heavy (non-hydrogen) atoms. The summed E-state index contributed by atoms with van der Waals surface area (Å²) in [6.45, 7) is 3.23. The second kappa shape index (κ2) is 3.72. The van der Waals surface area contributed by atoms with E-state index >= 15 is 0 Å². The third kappa shape index (κ3) is 2.34. The summed E-state index contributed by atoms with van der Waals surface area (Å²) in [5.41, 5.74) is -1.46. The Bertz CT molecular complexity index is 412. The minimum atomic E-state index is -4.51. The molecule has 0 aliphatic carbocycles. The molecule has 0 aromatic heterocycles. The van der Waals surface area contributed by atoms with Crippen molar-refractivity contribution in [3.63, 3.8) is 0 Å². The third-order valence-electron chi connectivity index (χ3n) is 1.77. The molecule has 1 rings (SSSR count). The van der Waals surface area contributed by atoms with Gasteiger partial charge in [-0.15, -0.1) is 0 Å². The van der Waals surface area contributed by atoms with Gasteiger partial charge in [-0.2, -0.15) is 13.2 Å². The van der Waals surface area contributed by atoms with E-state index < -0.39 is 22.4 Å². The summed E-state index contributed by atoms with van der Waals surface area (Å²) in [5, 5.41) is 10.4. The summed E-state index contributed by atoms with van der Waals surface area (Å²) in [5.74, 6) is 0. The van der Waals surface area contributed by atoms with Gasteiger partial charge in [-0.05, 0) is 12.1 Å². The fourth-order valence-corrected chi connectivity index (χ4v) is 1.06. The minimum Gasteiger partial charge on any atom is -0.258 e. The standard InChI is InChI=1S/C9H6F3NO2/c1-2-6-5-7(9(10,11)12)3-4-8(6)13(14)15/h2-5H,1H2. The lowest BCUT2D eigenvalue weighted by molar-refractivity contribution is -0.385. The maximum Gasteiger partial charge on any atom is 0.416 e. The van der Waals surface area contributed by atoms with Crippen molar-refractivity contribution >= 4 is 11.8 Å². The van der Waals surface area contributed by atoms with Gasteiger partial charge in [0.15, 0.2) is 0 Å². The summed E-state index contributed by atoms with van der Waals surface area (Å²) in [6.07, 6.45) is -3.49. The van der Waals surface area contributed by atoms with Gasteiger partial charge in [0.25, 0.3) is 5.69 Å². The predicted molar refractivity (Wildman–Crippen MR) is 48.2 cm³/mol. The molecule has 0 radical (unpaired) electrons. The fraction of sp³-hybridized carbons (Fsp3) is 0.111. The van der Waals surface area contributed by atoms with Gasteiger partial charge in [0.2, 0.25) is 0 Å². The number of rotatable bonds is 2. The molecule has 0 atom stereocenters. The van der Waals surface area contributed by atoms with Crippen LogP contribution < -0.4 is 0 Å². The van der Waals surface area contributed by atoms with Crippen molar-refractivity contribution in [2.75, 3.05) is 0 Å². The number of hydrogen-bond acceptors (Lipinski definition) is 2. The predicted octanol–water partition coefficient (Wildman–Crippen LogP) is 3.26. The molecule has 0 bridgehead atoms. The number of nitrogens with zero attached hydrogens (tertiary/aromatic N) is 1. The number of nitro benzene ring substituents is 1. The Kier molecular flexibility index (Phi) is 2.78. The van der Waals surface area contributed by atoms with Crippen molar-refractivity contribution in [1.29, 1.82) is 0 Å². The number of alkyl halides is 3. The highest BCUT2D eigenvalue weighted by Crippen LogP contribution is 2.32. The number of halogens is 3. The topological polar surface area (TPSA) is 43.1 Å². The molecule has 0 unspecified atom stereocenters. The van der Waals surface area contributed by atoms with E-state index in [0.717, 1.165) is 12.1 Å². The normalized spacial score (nSPS) is 11.1. The van der Waals surface area contributed by atoms with E-state index in [0.29, 0.717) is 12.1 Å². The van der Waals surface area contributed by atoms with Crippen molar-refractivity contribution in [3.05, 3.63) is 46.0 Å². The van der Waals surface area contributed by atoms with E-state index in [1.165, 1.54) is 0 Å². The zero-order chi connectivity index (χ0) is 11.6. The van der Waals surface area contributed by atoms with Gasteiger partial charge in [-0.1, -0.05) is 12.7 Å². The van der Waals surface area contributed by atoms with Gasteiger partial charge in [0.1, 0.15) is 0 Å². The summed E-state index contributed by atoms with van der Waals surface area (Å²) in [7, 11) is 0. The van der Waals surface area contributed by atoms with E-state index in [-0.39, 0.29) is 5.56 Å². The number of hydrogen-bond donors (Lipinski definition) is 0. The van der Waals surface area contributed by atoms with Crippen LogP contribution in [-0.4, -0.2) is 4.92 Å². The largest absolute Gasteiger partial charge is 0.416 e. The summed E-state index contributed by atoms with van der Waals surface area (Å²) in [6, 6.07) is 2.19. The van der Waals surface area contributed by atoms with Crippen LogP contribution in [0.4, 0.5) is 18.9 Å². The van der Waals surface area contributed by atoms with Crippen LogP contribution in [-0.2, 0) is 6.18 Å². The number of benzene rings is 1. The molecule has 0 heterocycles. The SMILES string of the molecule is C=Cc1cc(C(F)(F)F)ccc1[N+](=O)[O-]. The molecule has 0 fully saturated rings. The van der Waals surface area contributed by atoms with Crippen LogP contribution in [0.1, 0.15) is 11.1 Å². The second-order valence-corrected chi connectivity index (χ2v) is 2.73. The van der Waals surface area contributed by atoms with Crippen LogP contribution in [0, 0.1) is 10.1 Å². The van der Waals surface area contributed by atoms with Crippen LogP contribution in [0.15, 0.2) is 24.8 Å². The molecule has 80 valence electrons. The maximum absolute atomic E-state index is 12.2. The van der Waals surface area contributed by atoms with Gasteiger partial charge in [0.05, 0.1) is 16.1 Å². The molecular formula is C9H6F3NO2. The lowest BCUT2D eigenvalue weighted by atomic mass is 10.1. The van der Waals surface area contributed by atoms with E-state index in [1.807, 2.05) is 0 Å². The second-order valence-electron chi connectivity index (χ2n) is 2.73. The molecule has 1 aromatic rings. The first-order valence-electron chi connectivity index (χ1n) is 3.84. The first-order valence-corrected chi connectivity index (χ1v) is 3.84. The Balaban J connectivity index is 3.31. The van der Waals surface area contributed by atoms with Crippen molar-refractivity contribution in [2.24, 2.45) is 0 Å². The first-order chi connectivity index (χ1) is 6.86. The summed E-state index contributed by atoms with van der Waals surface area (Å²) in [4.78, 5) is 9.67. The number of nitro groups is 1. The van der Waals surface area contributed by atoms with Gasteiger partial charge in [0, 0.05) is 6.07 Å². The van der Waals surface area contributed by atoms with Crippen LogP contribution in [0.25, 0.3) is 6.08 Å². The van der Waals surface area contributed by atoms with Crippen LogP contribution in [0.3, 0.4) is 0 Å². The molecule has 0 aliphatic rings. The van der Waals surface area contributed by atoms with Crippen molar-refractivity contribution in [1.82, 2.24) is 0 Å². The molecule has 0 spiro atoms. The maximum atomic E-state index is 12.2. The highest BCUT2D eigenvalue weighted by Gasteiger charge is 2.31. The Morgan fingerprint density at radius 2 is 2.00 bits per heavy atom. The van der Waals surface area contributed by atoms with E-state index in [9.17, 15) is 23.3 Å². The molecule has 0 saturated heterocycles. The Morgan fingerprint density at radius 3 is 2.40 bits per heavy atom. The highest BCUT2D eigenvalue weighted by atomic mass is 19.4. The lowest BCUT2D eigenvalue weighted by Crippen LogP contribution is -2.05. The van der Waals surface area contributed by atoms with Crippen molar-refractivity contribution in [2.45, 2.75) is 6.18 Å². The zero-order valence-electron chi connectivity index (χ0n) is 7.41. The average Bonchev–Trinajstić information content (AvgIpc) is 2.15.